The monoisotopic (exact) mass is 244 g/mol. The van der Waals surface area contributed by atoms with Crippen molar-refractivity contribution < 1.29 is 0 Å². The highest BCUT2D eigenvalue weighted by Gasteiger charge is 2.07. The topological polar surface area (TPSA) is 42.7 Å². The molecule has 96 valence electrons. The lowest BCUT2D eigenvalue weighted by atomic mass is 10.00. The second kappa shape index (κ2) is 5.78. The minimum atomic E-state index is 0.355. The van der Waals surface area contributed by atoms with Crippen molar-refractivity contribution in [2.24, 2.45) is 0 Å². The van der Waals surface area contributed by atoms with Gasteiger partial charge in [-0.1, -0.05) is 29.0 Å². The van der Waals surface area contributed by atoms with E-state index in [0.29, 0.717) is 6.04 Å². The summed E-state index contributed by atoms with van der Waals surface area (Å²) in [5.41, 5.74) is 4.01. The number of aromatic nitrogens is 3. The molecule has 1 aromatic carbocycles. The highest BCUT2D eigenvalue weighted by atomic mass is 15.4. The van der Waals surface area contributed by atoms with Crippen molar-refractivity contribution in [3.05, 3.63) is 47.3 Å². The normalized spacial score (nSPS) is 12.6. The number of aryl methyl sites for hydroxylation is 2. The molecule has 0 bridgehead atoms. The maximum Gasteiger partial charge on any atom is 0.0692 e. The van der Waals surface area contributed by atoms with Gasteiger partial charge in [-0.25, -0.2) is 0 Å². The van der Waals surface area contributed by atoms with Crippen LogP contribution in [0.1, 0.15) is 29.7 Å². The van der Waals surface area contributed by atoms with Crippen LogP contribution in [0.15, 0.2) is 30.6 Å². The van der Waals surface area contributed by atoms with Gasteiger partial charge in [0.1, 0.15) is 0 Å². The fourth-order valence-corrected chi connectivity index (χ4v) is 2.08. The number of rotatable bonds is 5. The average Bonchev–Trinajstić information content (AvgIpc) is 2.85. The Morgan fingerprint density at radius 3 is 2.89 bits per heavy atom. The molecule has 4 heteroatoms. The van der Waals surface area contributed by atoms with Crippen LogP contribution in [0.4, 0.5) is 0 Å². The van der Waals surface area contributed by atoms with Gasteiger partial charge in [0.25, 0.3) is 0 Å². The quantitative estimate of drug-likeness (QED) is 0.877. The zero-order valence-corrected chi connectivity index (χ0v) is 11.2. The van der Waals surface area contributed by atoms with Gasteiger partial charge < -0.3 is 5.32 Å². The minimum Gasteiger partial charge on any atom is -0.308 e. The lowest BCUT2D eigenvalue weighted by molar-refractivity contribution is 0.498. The Labute approximate surface area is 108 Å². The molecule has 1 aromatic heterocycles. The molecule has 1 atom stereocenters. The van der Waals surface area contributed by atoms with E-state index in [2.05, 4.69) is 54.6 Å². The third-order valence-corrected chi connectivity index (χ3v) is 3.16. The molecule has 18 heavy (non-hydrogen) atoms. The van der Waals surface area contributed by atoms with Crippen LogP contribution in [0, 0.1) is 13.8 Å². The van der Waals surface area contributed by atoms with Gasteiger partial charge in [-0.2, -0.15) is 0 Å². The summed E-state index contributed by atoms with van der Waals surface area (Å²) in [4.78, 5) is 0. The molecule has 0 fully saturated rings. The molecule has 2 aromatic rings. The number of nitrogens with one attached hydrogen (secondary N) is 1. The average molecular weight is 244 g/mol. The van der Waals surface area contributed by atoms with Crippen LogP contribution < -0.4 is 5.32 Å². The van der Waals surface area contributed by atoms with Crippen LogP contribution in [-0.4, -0.2) is 21.5 Å². The van der Waals surface area contributed by atoms with Crippen molar-refractivity contribution in [1.82, 2.24) is 20.3 Å². The van der Waals surface area contributed by atoms with E-state index in [1.807, 2.05) is 10.9 Å². The van der Waals surface area contributed by atoms with Crippen molar-refractivity contribution in [2.45, 2.75) is 33.4 Å². The van der Waals surface area contributed by atoms with E-state index in [-0.39, 0.29) is 0 Å². The van der Waals surface area contributed by atoms with Crippen molar-refractivity contribution >= 4 is 0 Å². The van der Waals surface area contributed by atoms with E-state index in [1.165, 1.54) is 16.7 Å². The summed E-state index contributed by atoms with van der Waals surface area (Å²) in [7, 11) is 0. The second-order valence-corrected chi connectivity index (χ2v) is 4.70. The molecular formula is C14H20N4. The van der Waals surface area contributed by atoms with Gasteiger partial charge in [0, 0.05) is 18.8 Å². The number of hydrogen-bond acceptors (Lipinski definition) is 3. The summed E-state index contributed by atoms with van der Waals surface area (Å²) < 4.78 is 1.84. The standard InChI is InChI=1S/C14H20N4/c1-11-4-5-12(2)14(10-11)13(3)15-6-8-18-9-7-16-17-18/h4-5,7,9-10,13,15H,6,8H2,1-3H3. The maximum absolute atomic E-state index is 3.94. The van der Waals surface area contributed by atoms with Crippen LogP contribution in [0.5, 0.6) is 0 Å². The molecule has 1 N–H and O–H groups in total. The molecule has 4 nitrogen and oxygen atoms in total. The molecular weight excluding hydrogens is 224 g/mol. The van der Waals surface area contributed by atoms with Gasteiger partial charge in [-0.15, -0.1) is 5.10 Å². The molecule has 0 radical (unpaired) electrons. The summed E-state index contributed by atoms with van der Waals surface area (Å²) >= 11 is 0. The highest BCUT2D eigenvalue weighted by Crippen LogP contribution is 2.18. The number of nitrogens with zero attached hydrogens (tertiary/aromatic N) is 3. The first-order valence-corrected chi connectivity index (χ1v) is 6.31. The molecule has 1 heterocycles. The molecule has 0 saturated heterocycles. The Bertz CT molecular complexity index is 491. The zero-order chi connectivity index (χ0) is 13.0. The smallest absolute Gasteiger partial charge is 0.0692 e. The molecule has 0 aliphatic rings. The molecule has 0 aliphatic carbocycles. The van der Waals surface area contributed by atoms with Gasteiger partial charge >= 0.3 is 0 Å². The summed E-state index contributed by atoms with van der Waals surface area (Å²) in [6.07, 6.45) is 3.58. The van der Waals surface area contributed by atoms with Crippen molar-refractivity contribution in [3.8, 4) is 0 Å². The number of benzene rings is 1. The van der Waals surface area contributed by atoms with Gasteiger partial charge in [0.2, 0.25) is 0 Å². The van der Waals surface area contributed by atoms with Crippen LogP contribution in [0.3, 0.4) is 0 Å². The Morgan fingerprint density at radius 1 is 1.33 bits per heavy atom. The van der Waals surface area contributed by atoms with Gasteiger partial charge in [0.15, 0.2) is 0 Å². The fraction of sp³-hybridized carbons (Fsp3) is 0.429. The first-order chi connectivity index (χ1) is 8.66. The Balaban J connectivity index is 1.91. The first-order valence-electron chi connectivity index (χ1n) is 6.31. The fourth-order valence-electron chi connectivity index (χ4n) is 2.08. The summed E-state index contributed by atoms with van der Waals surface area (Å²) in [5.74, 6) is 0. The molecule has 0 amide bonds. The van der Waals surface area contributed by atoms with Crippen molar-refractivity contribution in [2.75, 3.05) is 6.54 Å². The predicted molar refractivity (Wildman–Crippen MR) is 72.4 cm³/mol. The van der Waals surface area contributed by atoms with Crippen molar-refractivity contribution in [3.63, 3.8) is 0 Å². The summed E-state index contributed by atoms with van der Waals surface area (Å²) in [5, 5.41) is 11.2. The van der Waals surface area contributed by atoms with Gasteiger partial charge in [-0.3, -0.25) is 4.68 Å². The van der Waals surface area contributed by atoms with E-state index >= 15 is 0 Å². The SMILES string of the molecule is Cc1ccc(C)c(C(C)NCCn2ccnn2)c1. The van der Waals surface area contributed by atoms with Gasteiger partial charge in [0.05, 0.1) is 12.7 Å². The molecule has 1 unspecified atom stereocenters. The number of hydrogen-bond donors (Lipinski definition) is 1. The van der Waals surface area contributed by atoms with E-state index in [4.69, 9.17) is 0 Å². The summed E-state index contributed by atoms with van der Waals surface area (Å²) in [6, 6.07) is 6.94. The van der Waals surface area contributed by atoms with Crippen molar-refractivity contribution in [1.29, 1.82) is 0 Å². The van der Waals surface area contributed by atoms with E-state index in [1.54, 1.807) is 6.20 Å². The molecule has 0 aliphatic heterocycles. The maximum atomic E-state index is 3.94. The first kappa shape index (κ1) is 12.8. The van der Waals surface area contributed by atoms with E-state index in [9.17, 15) is 0 Å². The van der Waals surface area contributed by atoms with Crippen LogP contribution in [-0.2, 0) is 6.54 Å². The molecule has 2 rings (SSSR count). The third kappa shape index (κ3) is 3.17. The van der Waals surface area contributed by atoms with Gasteiger partial charge in [-0.05, 0) is 31.9 Å². The van der Waals surface area contributed by atoms with Crippen LogP contribution in [0.2, 0.25) is 0 Å². The summed E-state index contributed by atoms with van der Waals surface area (Å²) in [6.45, 7) is 8.21. The lowest BCUT2D eigenvalue weighted by Gasteiger charge is -2.17. The zero-order valence-electron chi connectivity index (χ0n) is 11.2. The Kier molecular flexibility index (Phi) is 4.10. The van der Waals surface area contributed by atoms with E-state index in [0.717, 1.165) is 13.1 Å². The Hall–Kier alpha value is -1.68. The molecule has 0 spiro atoms. The third-order valence-electron chi connectivity index (χ3n) is 3.16. The van der Waals surface area contributed by atoms with E-state index < -0.39 is 0 Å². The molecule has 0 saturated carbocycles. The predicted octanol–water partition coefficient (Wildman–Crippen LogP) is 2.25. The largest absolute Gasteiger partial charge is 0.308 e. The lowest BCUT2D eigenvalue weighted by Crippen LogP contribution is -2.24. The van der Waals surface area contributed by atoms with Crippen LogP contribution >= 0.6 is 0 Å². The Morgan fingerprint density at radius 2 is 2.17 bits per heavy atom. The highest BCUT2D eigenvalue weighted by molar-refractivity contribution is 5.32. The van der Waals surface area contributed by atoms with Crippen LogP contribution in [0.25, 0.3) is 0 Å². The minimum absolute atomic E-state index is 0.355. The second-order valence-electron chi connectivity index (χ2n) is 4.70.